The van der Waals surface area contributed by atoms with Crippen LogP contribution in [0.5, 0.6) is 23.0 Å². The molecule has 7 nitrogen and oxygen atoms in total. The van der Waals surface area contributed by atoms with Crippen molar-refractivity contribution < 1.29 is 33.6 Å². The van der Waals surface area contributed by atoms with Crippen molar-refractivity contribution in [2.75, 3.05) is 41.7 Å². The lowest BCUT2D eigenvalue weighted by atomic mass is 9.87. The van der Waals surface area contributed by atoms with E-state index in [0.29, 0.717) is 36.0 Å². The molecule has 1 aliphatic rings. The normalized spacial score (nSPS) is 17.2. The molecule has 176 valence electrons. The van der Waals surface area contributed by atoms with Gasteiger partial charge in [0.15, 0.2) is 11.5 Å². The highest BCUT2D eigenvalue weighted by Crippen LogP contribution is 2.57. The van der Waals surface area contributed by atoms with Gasteiger partial charge in [0.2, 0.25) is 11.5 Å². The second kappa shape index (κ2) is 12.6. The Kier molecular flexibility index (Phi) is 10.2. The molecule has 1 aromatic carbocycles. The van der Waals surface area contributed by atoms with Crippen LogP contribution < -0.4 is 18.9 Å². The van der Waals surface area contributed by atoms with Crippen molar-refractivity contribution in [3.8, 4) is 23.0 Å². The molecule has 1 aliphatic carbocycles. The van der Waals surface area contributed by atoms with Crippen LogP contribution in [0.3, 0.4) is 0 Å². The summed E-state index contributed by atoms with van der Waals surface area (Å²) in [5.41, 5.74) is 1.73. The van der Waals surface area contributed by atoms with Gasteiger partial charge < -0.3 is 28.8 Å². The molecule has 1 N–H and O–H groups in total. The van der Waals surface area contributed by atoms with E-state index >= 15 is 0 Å². The molecule has 2 rings (SSSR count). The Morgan fingerprint density at radius 2 is 1.39 bits per heavy atom. The number of esters is 1. The van der Waals surface area contributed by atoms with E-state index in [1.807, 2.05) is 6.92 Å². The summed E-state index contributed by atoms with van der Waals surface area (Å²) in [6.07, 6.45) is 7.94. The van der Waals surface area contributed by atoms with E-state index in [2.05, 4.69) is 0 Å². The predicted molar refractivity (Wildman–Crippen MR) is 119 cm³/mol. The first-order valence-electron chi connectivity index (χ1n) is 11.3. The van der Waals surface area contributed by atoms with Gasteiger partial charge in [-0.2, -0.15) is 0 Å². The quantitative estimate of drug-likeness (QED) is 0.343. The molecule has 31 heavy (non-hydrogen) atoms. The van der Waals surface area contributed by atoms with Gasteiger partial charge >= 0.3 is 5.97 Å². The number of methoxy groups -OCH3 is 4. The Morgan fingerprint density at radius 1 is 0.839 bits per heavy atom. The summed E-state index contributed by atoms with van der Waals surface area (Å²) in [4.78, 5) is 13.0. The van der Waals surface area contributed by atoms with Gasteiger partial charge in [-0.1, -0.05) is 32.1 Å². The summed E-state index contributed by atoms with van der Waals surface area (Å²) in [6, 6.07) is 0. The summed E-state index contributed by atoms with van der Waals surface area (Å²) < 4.78 is 28.1. The standard InChI is InChI=1S/C24H38O7/c1-6-31-24(26)18-16(13-11-9-7-8-10-12-14-25)15-17-19(18)21(28-3)23(30-5)22(29-4)20(17)27-2/h16,18,25H,6-15H2,1-5H3. The second-order valence-electron chi connectivity index (χ2n) is 7.85. The number of rotatable bonds is 14. The molecule has 1 aromatic rings. The monoisotopic (exact) mass is 438 g/mol. The Morgan fingerprint density at radius 3 is 1.94 bits per heavy atom. The molecule has 0 heterocycles. The number of carbonyl (C=O) groups is 1. The molecule has 0 aromatic heterocycles. The Balaban J connectivity index is 2.33. The van der Waals surface area contributed by atoms with Crippen LogP contribution >= 0.6 is 0 Å². The summed E-state index contributed by atoms with van der Waals surface area (Å²) in [5.74, 6) is 1.46. The van der Waals surface area contributed by atoms with Crippen molar-refractivity contribution >= 4 is 5.97 Å². The lowest BCUT2D eigenvalue weighted by molar-refractivity contribution is -0.146. The maximum absolute atomic E-state index is 13.0. The molecule has 2 unspecified atom stereocenters. The fourth-order valence-electron chi connectivity index (χ4n) is 4.70. The minimum absolute atomic E-state index is 0.103. The first-order chi connectivity index (χ1) is 15.1. The van der Waals surface area contributed by atoms with Gasteiger partial charge in [0, 0.05) is 17.7 Å². The fourth-order valence-corrected chi connectivity index (χ4v) is 4.70. The van der Waals surface area contributed by atoms with Crippen molar-refractivity contribution in [3.05, 3.63) is 11.1 Å². The molecule has 0 amide bonds. The average Bonchev–Trinajstić information content (AvgIpc) is 3.15. The topological polar surface area (TPSA) is 83.5 Å². The van der Waals surface area contributed by atoms with Crippen molar-refractivity contribution in [2.45, 2.75) is 64.2 Å². The first kappa shape index (κ1) is 25.1. The number of carbonyl (C=O) groups excluding carboxylic acids is 1. The van der Waals surface area contributed by atoms with Crippen LogP contribution in [0.1, 0.15) is 68.9 Å². The third kappa shape index (κ3) is 5.56. The van der Waals surface area contributed by atoms with Crippen LogP contribution in [-0.2, 0) is 16.0 Å². The maximum Gasteiger partial charge on any atom is 0.313 e. The van der Waals surface area contributed by atoms with Crippen LogP contribution in [0, 0.1) is 5.92 Å². The van der Waals surface area contributed by atoms with Crippen LogP contribution in [-0.4, -0.2) is 52.7 Å². The van der Waals surface area contributed by atoms with Gasteiger partial charge in [-0.3, -0.25) is 4.79 Å². The highest BCUT2D eigenvalue weighted by Gasteiger charge is 2.45. The lowest BCUT2D eigenvalue weighted by Crippen LogP contribution is -2.21. The molecule has 0 fully saturated rings. The van der Waals surface area contributed by atoms with E-state index in [4.69, 9.17) is 28.8 Å². The molecule has 7 heteroatoms. The Bertz CT molecular complexity index is 717. The minimum Gasteiger partial charge on any atom is -0.492 e. The van der Waals surface area contributed by atoms with E-state index in [0.717, 1.165) is 56.1 Å². The van der Waals surface area contributed by atoms with Gasteiger partial charge in [-0.15, -0.1) is 0 Å². The summed E-state index contributed by atoms with van der Waals surface area (Å²) >= 11 is 0. The van der Waals surface area contributed by atoms with Crippen molar-refractivity contribution in [1.82, 2.24) is 0 Å². The van der Waals surface area contributed by atoms with Gasteiger partial charge in [-0.05, 0) is 32.1 Å². The van der Waals surface area contributed by atoms with E-state index in [9.17, 15) is 4.79 Å². The summed E-state index contributed by atoms with van der Waals surface area (Å²) in [7, 11) is 6.29. The van der Waals surface area contributed by atoms with Crippen LogP contribution in [0.25, 0.3) is 0 Å². The zero-order valence-corrected chi connectivity index (χ0v) is 19.6. The Hall–Kier alpha value is -2.15. The lowest BCUT2D eigenvalue weighted by Gasteiger charge is -2.22. The molecular weight excluding hydrogens is 400 g/mol. The molecule has 0 saturated carbocycles. The van der Waals surface area contributed by atoms with Gasteiger partial charge in [0.25, 0.3) is 0 Å². The van der Waals surface area contributed by atoms with E-state index in [1.165, 1.54) is 0 Å². The van der Waals surface area contributed by atoms with E-state index in [1.54, 1.807) is 28.4 Å². The van der Waals surface area contributed by atoms with E-state index < -0.39 is 5.92 Å². The average molecular weight is 439 g/mol. The summed E-state index contributed by atoms with van der Waals surface area (Å²) in [5, 5.41) is 8.90. The van der Waals surface area contributed by atoms with Crippen LogP contribution in [0.2, 0.25) is 0 Å². The zero-order valence-electron chi connectivity index (χ0n) is 19.6. The maximum atomic E-state index is 13.0. The number of hydrogen-bond donors (Lipinski definition) is 1. The second-order valence-corrected chi connectivity index (χ2v) is 7.85. The number of ether oxygens (including phenoxy) is 5. The third-order valence-corrected chi connectivity index (χ3v) is 6.05. The van der Waals surface area contributed by atoms with Crippen LogP contribution in [0.15, 0.2) is 0 Å². The molecule has 2 atom stereocenters. The van der Waals surface area contributed by atoms with Gasteiger partial charge in [0.1, 0.15) is 0 Å². The largest absolute Gasteiger partial charge is 0.492 e. The van der Waals surface area contributed by atoms with Gasteiger partial charge in [-0.25, -0.2) is 0 Å². The molecule has 0 bridgehead atoms. The number of fused-ring (bicyclic) bond motifs is 1. The molecule has 0 saturated heterocycles. The zero-order chi connectivity index (χ0) is 22.8. The van der Waals surface area contributed by atoms with Crippen molar-refractivity contribution in [2.24, 2.45) is 5.92 Å². The van der Waals surface area contributed by atoms with Gasteiger partial charge in [0.05, 0.1) is 41.0 Å². The fraction of sp³-hybridized carbons (Fsp3) is 0.708. The minimum atomic E-state index is -0.423. The number of aliphatic hydroxyl groups excluding tert-OH is 1. The van der Waals surface area contributed by atoms with E-state index in [-0.39, 0.29) is 18.5 Å². The van der Waals surface area contributed by atoms with Crippen molar-refractivity contribution in [1.29, 1.82) is 0 Å². The highest BCUT2D eigenvalue weighted by molar-refractivity contribution is 5.84. The first-order valence-corrected chi connectivity index (χ1v) is 11.3. The number of aliphatic hydroxyl groups is 1. The molecular formula is C24H38O7. The SMILES string of the molecule is CCOC(=O)C1c2c(c(OC)c(OC)c(OC)c2OC)CC1CCCCCCCCO. The number of benzene rings is 1. The number of unbranched alkanes of at least 4 members (excludes halogenated alkanes) is 5. The summed E-state index contributed by atoms with van der Waals surface area (Å²) in [6.45, 7) is 2.41. The highest BCUT2D eigenvalue weighted by atomic mass is 16.5. The third-order valence-electron chi connectivity index (χ3n) is 6.05. The van der Waals surface area contributed by atoms with Crippen LogP contribution in [0.4, 0.5) is 0 Å². The smallest absolute Gasteiger partial charge is 0.313 e. The Labute approximate surface area is 186 Å². The molecule has 0 radical (unpaired) electrons. The predicted octanol–water partition coefficient (Wildman–Crippen LogP) is 4.26. The molecule has 0 aliphatic heterocycles. The number of hydrogen-bond acceptors (Lipinski definition) is 7. The van der Waals surface area contributed by atoms with Crippen molar-refractivity contribution in [3.63, 3.8) is 0 Å². The molecule has 0 spiro atoms.